The summed E-state index contributed by atoms with van der Waals surface area (Å²) < 4.78 is 52.0. The van der Waals surface area contributed by atoms with Crippen LogP contribution in [-0.2, 0) is 31.6 Å². The molecule has 5 atom stereocenters. The molecule has 1 fully saturated rings. The summed E-state index contributed by atoms with van der Waals surface area (Å²) >= 11 is 0. The smallest absolute Gasteiger partial charge is 0.352 e. The van der Waals surface area contributed by atoms with Crippen LogP contribution < -0.4 is 11.2 Å². The molecule has 1 saturated heterocycles. The molecule has 5 N–H and O–H groups in total. The SMILES string of the molecule is CC(CC#N)c1cn([C@H]2CC[C@@H](COP(=O)(O)OP(=O)(O)OP(=O)(O)O)O2)c(=O)[nH]c1=O. The van der Waals surface area contributed by atoms with E-state index in [1.807, 2.05) is 6.07 Å². The van der Waals surface area contributed by atoms with Crippen molar-refractivity contribution in [2.45, 2.75) is 44.4 Å². The lowest BCUT2D eigenvalue weighted by atomic mass is 10.0. The number of nitrogens with zero attached hydrogens (tertiary/aromatic N) is 2. The summed E-state index contributed by atoms with van der Waals surface area (Å²) in [6, 6.07) is 1.92. The first-order chi connectivity index (χ1) is 14.6. The normalized spacial score (nSPS) is 23.8. The maximum absolute atomic E-state index is 12.1. The molecule has 0 radical (unpaired) electrons. The van der Waals surface area contributed by atoms with Gasteiger partial charge in [0, 0.05) is 24.1 Å². The second-order valence-electron chi connectivity index (χ2n) is 6.69. The molecule has 1 aliphatic rings. The van der Waals surface area contributed by atoms with Gasteiger partial charge in [-0.1, -0.05) is 6.92 Å². The topological polar surface area (TPSA) is 248 Å². The number of nitrogens with one attached hydrogen (secondary N) is 1. The Hall–Kier alpha value is -1.46. The zero-order chi connectivity index (χ0) is 24.3. The second kappa shape index (κ2) is 10.2. The van der Waals surface area contributed by atoms with Crippen molar-refractivity contribution in [1.29, 1.82) is 5.26 Å². The molecule has 19 heteroatoms. The molecule has 32 heavy (non-hydrogen) atoms. The van der Waals surface area contributed by atoms with Gasteiger partial charge in [0.2, 0.25) is 0 Å². The highest BCUT2D eigenvalue weighted by Gasteiger charge is 2.41. The molecule has 0 bridgehead atoms. The molecule has 16 nitrogen and oxygen atoms in total. The highest BCUT2D eigenvalue weighted by atomic mass is 31.3. The van der Waals surface area contributed by atoms with Crippen molar-refractivity contribution in [3.05, 3.63) is 32.6 Å². The van der Waals surface area contributed by atoms with Gasteiger partial charge < -0.3 is 24.3 Å². The van der Waals surface area contributed by atoms with Gasteiger partial charge in [-0.2, -0.15) is 13.9 Å². The summed E-state index contributed by atoms with van der Waals surface area (Å²) in [5.41, 5.74) is -1.23. The Kier molecular flexibility index (Phi) is 8.55. The van der Waals surface area contributed by atoms with Crippen molar-refractivity contribution in [1.82, 2.24) is 9.55 Å². The number of ether oxygens (including phenoxy) is 1. The van der Waals surface area contributed by atoms with Crippen LogP contribution in [0.3, 0.4) is 0 Å². The van der Waals surface area contributed by atoms with E-state index in [1.165, 1.54) is 6.20 Å². The summed E-state index contributed by atoms with van der Waals surface area (Å²) in [4.78, 5) is 61.8. The van der Waals surface area contributed by atoms with Crippen LogP contribution in [0.2, 0.25) is 0 Å². The Bertz CT molecular complexity index is 1130. The first kappa shape index (κ1) is 26.8. The minimum Gasteiger partial charge on any atom is -0.352 e. The van der Waals surface area contributed by atoms with Crippen molar-refractivity contribution in [2.75, 3.05) is 6.61 Å². The molecule has 1 aliphatic heterocycles. The second-order valence-corrected chi connectivity index (χ2v) is 11.1. The molecule has 1 aromatic heterocycles. The number of H-pyrrole nitrogens is 1. The van der Waals surface area contributed by atoms with Crippen LogP contribution >= 0.6 is 23.5 Å². The van der Waals surface area contributed by atoms with Crippen LogP contribution in [0.25, 0.3) is 0 Å². The summed E-state index contributed by atoms with van der Waals surface area (Å²) in [6.45, 7) is 0.972. The predicted molar refractivity (Wildman–Crippen MR) is 103 cm³/mol. The van der Waals surface area contributed by atoms with Crippen LogP contribution in [0.15, 0.2) is 15.8 Å². The van der Waals surface area contributed by atoms with Crippen LogP contribution in [0.4, 0.5) is 0 Å². The quantitative estimate of drug-likeness (QED) is 0.265. The van der Waals surface area contributed by atoms with Gasteiger partial charge in [-0.3, -0.25) is 18.9 Å². The molecular formula is C13H20N3O13P3. The van der Waals surface area contributed by atoms with E-state index in [-0.39, 0.29) is 24.8 Å². The van der Waals surface area contributed by atoms with Crippen LogP contribution in [0.5, 0.6) is 0 Å². The molecule has 0 amide bonds. The minimum absolute atomic E-state index is 0.0372. The molecule has 0 saturated carbocycles. The van der Waals surface area contributed by atoms with Gasteiger partial charge in [0.05, 0.1) is 18.8 Å². The lowest BCUT2D eigenvalue weighted by Gasteiger charge is -2.19. The Morgan fingerprint density at radius 1 is 1.22 bits per heavy atom. The van der Waals surface area contributed by atoms with E-state index < -0.39 is 59.6 Å². The molecule has 3 unspecified atom stereocenters. The lowest BCUT2D eigenvalue weighted by molar-refractivity contribution is -0.0244. The summed E-state index contributed by atoms with van der Waals surface area (Å²) in [6.07, 6.45) is -0.0448. The molecule has 0 aromatic carbocycles. The van der Waals surface area contributed by atoms with Gasteiger partial charge in [-0.15, -0.1) is 0 Å². The van der Waals surface area contributed by atoms with Crippen molar-refractivity contribution in [2.24, 2.45) is 0 Å². The highest BCUT2D eigenvalue weighted by molar-refractivity contribution is 7.66. The maximum Gasteiger partial charge on any atom is 0.490 e. The highest BCUT2D eigenvalue weighted by Crippen LogP contribution is 2.66. The Morgan fingerprint density at radius 2 is 1.88 bits per heavy atom. The number of rotatable bonds is 10. The zero-order valence-corrected chi connectivity index (χ0v) is 19.0. The van der Waals surface area contributed by atoms with Gasteiger partial charge in [0.15, 0.2) is 0 Å². The van der Waals surface area contributed by atoms with Crippen LogP contribution in [0.1, 0.15) is 43.9 Å². The molecule has 2 rings (SSSR count). The Morgan fingerprint density at radius 3 is 2.47 bits per heavy atom. The number of nitriles is 1. The minimum atomic E-state index is -5.63. The monoisotopic (exact) mass is 519 g/mol. The third kappa shape index (κ3) is 7.84. The van der Waals surface area contributed by atoms with Gasteiger partial charge >= 0.3 is 29.2 Å². The summed E-state index contributed by atoms with van der Waals surface area (Å²) in [5.74, 6) is -0.460. The van der Waals surface area contributed by atoms with E-state index in [2.05, 4.69) is 18.1 Å². The number of phosphoric acid groups is 3. The molecule has 1 aromatic rings. The third-order valence-electron chi connectivity index (χ3n) is 4.16. The van der Waals surface area contributed by atoms with E-state index in [9.17, 15) is 28.2 Å². The average molecular weight is 519 g/mol. The van der Waals surface area contributed by atoms with Crippen molar-refractivity contribution in [3.8, 4) is 6.07 Å². The largest absolute Gasteiger partial charge is 0.490 e. The van der Waals surface area contributed by atoms with E-state index in [0.717, 1.165) is 4.57 Å². The van der Waals surface area contributed by atoms with Gasteiger partial charge in [-0.05, 0) is 12.8 Å². The first-order valence-corrected chi connectivity index (χ1v) is 13.3. The van der Waals surface area contributed by atoms with Crippen molar-refractivity contribution >= 4 is 23.5 Å². The predicted octanol–water partition coefficient (Wildman–Crippen LogP) is 0.575. The van der Waals surface area contributed by atoms with Crippen molar-refractivity contribution in [3.63, 3.8) is 0 Å². The molecule has 2 heterocycles. The zero-order valence-electron chi connectivity index (χ0n) is 16.3. The van der Waals surface area contributed by atoms with Gasteiger partial charge in [0.1, 0.15) is 6.23 Å². The van der Waals surface area contributed by atoms with Crippen LogP contribution in [-0.4, -0.2) is 41.8 Å². The average Bonchev–Trinajstić information content (AvgIpc) is 3.06. The lowest BCUT2D eigenvalue weighted by Crippen LogP contribution is -2.34. The fraction of sp³-hybridized carbons (Fsp3) is 0.615. The number of hydrogen-bond acceptors (Lipinski definition) is 10. The van der Waals surface area contributed by atoms with E-state index in [1.54, 1.807) is 6.92 Å². The third-order valence-corrected chi connectivity index (χ3v) is 7.96. The fourth-order valence-electron chi connectivity index (χ4n) is 2.81. The maximum atomic E-state index is 12.1. The van der Waals surface area contributed by atoms with E-state index >= 15 is 0 Å². The Balaban J connectivity index is 2.03. The molecule has 0 aliphatic carbocycles. The standard InChI is InChI=1S/C13H20N3O13P3/c1-8(4-5-14)10-6-16(13(18)15-12(10)17)11-3-2-9(27-11)7-26-31(22,23)29-32(24,25)28-30(19,20)21/h6,8-9,11H,2-4,7H2,1H3,(H,22,23)(H,24,25)(H,15,17,18)(H2,19,20,21)/t8?,9-,11+/m0/s1. The fourth-order valence-corrected chi connectivity index (χ4v) is 5.86. The Labute approximate surface area is 179 Å². The molecule has 180 valence electrons. The number of aromatic amines is 1. The summed E-state index contributed by atoms with van der Waals surface area (Å²) in [5, 5.41) is 8.81. The van der Waals surface area contributed by atoms with Gasteiger partial charge in [-0.25, -0.2) is 18.5 Å². The van der Waals surface area contributed by atoms with Gasteiger partial charge in [0.25, 0.3) is 5.56 Å². The van der Waals surface area contributed by atoms with E-state index in [0.29, 0.717) is 0 Å². The molecule has 0 spiro atoms. The molecular weight excluding hydrogens is 499 g/mol. The van der Waals surface area contributed by atoms with Crippen molar-refractivity contribution < 1.29 is 51.2 Å². The number of phosphoric ester groups is 1. The number of hydrogen-bond donors (Lipinski definition) is 5. The number of aromatic nitrogens is 2. The summed E-state index contributed by atoms with van der Waals surface area (Å²) in [7, 11) is -16.4. The van der Waals surface area contributed by atoms with E-state index in [4.69, 9.17) is 24.7 Å². The first-order valence-electron chi connectivity index (χ1n) is 8.78. The van der Waals surface area contributed by atoms with Crippen LogP contribution in [0, 0.1) is 11.3 Å².